The molecule has 0 aliphatic carbocycles. The molecule has 1 heterocycles. The van der Waals surface area contributed by atoms with Crippen molar-refractivity contribution in [2.75, 3.05) is 6.61 Å². The number of hydrogen-bond acceptors (Lipinski definition) is 4. The average Bonchev–Trinajstić information content (AvgIpc) is 2.28. The maximum Gasteiger partial charge on any atom is 0.270 e. The molecule has 8 heteroatoms. The van der Waals surface area contributed by atoms with Crippen LogP contribution in [0.15, 0.2) is 10.9 Å². The fraction of sp³-hybridized carbons (Fsp3) is 0.500. The van der Waals surface area contributed by atoms with E-state index in [1.165, 1.54) is 0 Å². The molecule has 14 heavy (non-hydrogen) atoms. The lowest BCUT2D eigenvalue weighted by Gasteiger charge is -1.97. The largest absolute Gasteiger partial charge is 0.394 e. The summed E-state index contributed by atoms with van der Waals surface area (Å²) < 4.78 is 30.5. The van der Waals surface area contributed by atoms with Gasteiger partial charge in [0.25, 0.3) is 15.7 Å². The molecule has 0 unspecified atom stereocenters. The number of aliphatic hydroxyl groups is 1. The van der Waals surface area contributed by atoms with Crippen LogP contribution in [0.1, 0.15) is 5.69 Å². The van der Waals surface area contributed by atoms with E-state index in [1.807, 2.05) is 0 Å². The number of aromatic amines is 1. The van der Waals surface area contributed by atoms with Gasteiger partial charge in [-0.05, 0) is 0 Å². The summed E-state index contributed by atoms with van der Waals surface area (Å²) in [6, 6.07) is 1.06. The Morgan fingerprint density at radius 1 is 1.50 bits per heavy atom. The summed E-state index contributed by atoms with van der Waals surface area (Å²) >= 11 is 0. The van der Waals surface area contributed by atoms with Crippen LogP contribution in [0, 0.1) is 0 Å². The standard InChI is InChI=1S/C6H10N2O5S/c9-2-1-8-6(10)3-5(7-8)4-14(11,12)13/h3,7,9H,1-2,4H2,(H,11,12,13). The fourth-order valence-electron chi connectivity index (χ4n) is 1.02. The van der Waals surface area contributed by atoms with Crippen molar-refractivity contribution in [1.82, 2.24) is 9.78 Å². The first-order valence-corrected chi connectivity index (χ1v) is 5.38. The molecule has 0 atom stereocenters. The fourth-order valence-corrected chi connectivity index (χ4v) is 1.57. The number of aliphatic hydroxyl groups excluding tert-OH is 1. The molecule has 3 N–H and O–H groups in total. The van der Waals surface area contributed by atoms with Crippen LogP contribution in [0.2, 0.25) is 0 Å². The third kappa shape index (κ3) is 2.98. The summed E-state index contributed by atoms with van der Waals surface area (Å²) in [4.78, 5) is 11.1. The van der Waals surface area contributed by atoms with E-state index < -0.39 is 21.4 Å². The lowest BCUT2D eigenvalue weighted by atomic mass is 10.5. The van der Waals surface area contributed by atoms with Crippen molar-refractivity contribution in [3.05, 3.63) is 22.1 Å². The Morgan fingerprint density at radius 3 is 2.64 bits per heavy atom. The second-order valence-corrected chi connectivity index (χ2v) is 4.17. The number of rotatable bonds is 4. The highest BCUT2D eigenvalue weighted by Gasteiger charge is 2.10. The molecule has 0 bridgehead atoms. The third-order valence-electron chi connectivity index (χ3n) is 1.50. The van der Waals surface area contributed by atoms with Crippen LogP contribution in [0.4, 0.5) is 0 Å². The molecule has 0 radical (unpaired) electrons. The van der Waals surface area contributed by atoms with Crippen LogP contribution >= 0.6 is 0 Å². The van der Waals surface area contributed by atoms with Crippen molar-refractivity contribution < 1.29 is 18.1 Å². The van der Waals surface area contributed by atoms with Crippen LogP contribution in [0.25, 0.3) is 0 Å². The first-order valence-electron chi connectivity index (χ1n) is 3.77. The van der Waals surface area contributed by atoms with E-state index in [9.17, 15) is 13.2 Å². The van der Waals surface area contributed by atoms with Crippen molar-refractivity contribution in [2.45, 2.75) is 12.3 Å². The Labute approximate surface area is 79.7 Å². The van der Waals surface area contributed by atoms with Crippen LogP contribution in [-0.4, -0.2) is 34.5 Å². The molecular formula is C6H10N2O5S. The van der Waals surface area contributed by atoms with Crippen molar-refractivity contribution in [1.29, 1.82) is 0 Å². The molecule has 1 aromatic rings. The van der Waals surface area contributed by atoms with E-state index in [0.29, 0.717) is 0 Å². The number of hydrogen-bond donors (Lipinski definition) is 3. The van der Waals surface area contributed by atoms with Gasteiger partial charge in [0, 0.05) is 6.07 Å². The van der Waals surface area contributed by atoms with Crippen LogP contribution < -0.4 is 5.56 Å². The first-order chi connectivity index (χ1) is 6.42. The monoisotopic (exact) mass is 222 g/mol. The quantitative estimate of drug-likeness (QED) is 0.540. The van der Waals surface area contributed by atoms with Gasteiger partial charge in [-0.2, -0.15) is 8.42 Å². The minimum atomic E-state index is -4.14. The molecule has 0 aliphatic heterocycles. The molecule has 1 aromatic heterocycles. The Balaban J connectivity index is 2.92. The summed E-state index contributed by atoms with van der Waals surface area (Å²) in [7, 11) is -4.14. The Kier molecular flexibility index (Phi) is 3.09. The second-order valence-electron chi connectivity index (χ2n) is 2.72. The van der Waals surface area contributed by atoms with E-state index in [1.54, 1.807) is 0 Å². The van der Waals surface area contributed by atoms with Gasteiger partial charge >= 0.3 is 0 Å². The normalized spacial score (nSPS) is 11.9. The lowest BCUT2D eigenvalue weighted by molar-refractivity contribution is 0.267. The summed E-state index contributed by atoms with van der Waals surface area (Å²) in [5.74, 6) is -0.638. The topological polar surface area (TPSA) is 112 Å². The summed E-state index contributed by atoms with van der Waals surface area (Å²) in [5, 5.41) is 11.0. The smallest absolute Gasteiger partial charge is 0.270 e. The molecule has 1 rings (SSSR count). The van der Waals surface area contributed by atoms with Gasteiger partial charge in [0.2, 0.25) is 0 Å². The maximum atomic E-state index is 11.1. The molecule has 7 nitrogen and oxygen atoms in total. The van der Waals surface area contributed by atoms with Gasteiger partial charge in [-0.15, -0.1) is 0 Å². The summed E-state index contributed by atoms with van der Waals surface area (Å²) in [5.41, 5.74) is -0.358. The molecule has 0 saturated heterocycles. The predicted molar refractivity (Wildman–Crippen MR) is 47.4 cm³/mol. The number of H-pyrrole nitrogens is 1. The minimum Gasteiger partial charge on any atom is -0.394 e. The molecule has 0 aromatic carbocycles. The van der Waals surface area contributed by atoms with Gasteiger partial charge in [0.05, 0.1) is 18.8 Å². The molecule has 0 aliphatic rings. The highest BCUT2D eigenvalue weighted by molar-refractivity contribution is 7.84. The Hall–Kier alpha value is -1.12. The maximum absolute atomic E-state index is 11.1. The Morgan fingerprint density at radius 2 is 2.14 bits per heavy atom. The molecule has 0 spiro atoms. The highest BCUT2D eigenvalue weighted by Crippen LogP contribution is 1.97. The zero-order valence-corrected chi connectivity index (χ0v) is 7.99. The molecule has 0 amide bonds. The molecule has 0 fully saturated rings. The molecule has 0 saturated carbocycles. The predicted octanol–water partition coefficient (Wildman–Crippen LogP) is -1.44. The lowest BCUT2D eigenvalue weighted by Crippen LogP contribution is -2.17. The average molecular weight is 222 g/mol. The highest BCUT2D eigenvalue weighted by atomic mass is 32.2. The van der Waals surface area contributed by atoms with E-state index in [4.69, 9.17) is 9.66 Å². The van der Waals surface area contributed by atoms with Gasteiger partial charge in [0.1, 0.15) is 5.75 Å². The molecule has 80 valence electrons. The third-order valence-corrected chi connectivity index (χ3v) is 2.18. The SMILES string of the molecule is O=c1cc(CS(=O)(=O)O)[nH]n1CCO. The van der Waals surface area contributed by atoms with Gasteiger partial charge in [0.15, 0.2) is 0 Å². The van der Waals surface area contributed by atoms with Gasteiger partial charge in [-0.3, -0.25) is 19.1 Å². The van der Waals surface area contributed by atoms with Crippen molar-refractivity contribution in [2.24, 2.45) is 0 Å². The van der Waals surface area contributed by atoms with E-state index >= 15 is 0 Å². The van der Waals surface area contributed by atoms with Crippen molar-refractivity contribution in [3.8, 4) is 0 Å². The van der Waals surface area contributed by atoms with Crippen LogP contribution in [0.5, 0.6) is 0 Å². The minimum absolute atomic E-state index is 0.0598. The number of nitrogens with one attached hydrogen (secondary N) is 1. The van der Waals surface area contributed by atoms with Crippen LogP contribution in [-0.2, 0) is 22.4 Å². The summed E-state index contributed by atoms with van der Waals surface area (Å²) in [6.45, 7) is -0.171. The molecular weight excluding hydrogens is 212 g/mol. The van der Waals surface area contributed by atoms with E-state index in [0.717, 1.165) is 10.7 Å². The van der Waals surface area contributed by atoms with E-state index in [2.05, 4.69) is 5.10 Å². The zero-order valence-electron chi connectivity index (χ0n) is 7.17. The van der Waals surface area contributed by atoms with Crippen LogP contribution in [0.3, 0.4) is 0 Å². The summed E-state index contributed by atoms with van der Waals surface area (Å²) in [6.07, 6.45) is 0. The van der Waals surface area contributed by atoms with Crippen molar-refractivity contribution in [3.63, 3.8) is 0 Å². The van der Waals surface area contributed by atoms with Gasteiger partial charge in [-0.25, -0.2) is 0 Å². The van der Waals surface area contributed by atoms with Crippen molar-refractivity contribution >= 4 is 10.1 Å². The zero-order chi connectivity index (χ0) is 10.8. The van der Waals surface area contributed by atoms with E-state index in [-0.39, 0.29) is 18.8 Å². The first kappa shape index (κ1) is 11.0. The second kappa shape index (κ2) is 3.95. The number of aromatic nitrogens is 2. The Bertz CT molecular complexity index is 457. The number of nitrogens with zero attached hydrogens (tertiary/aromatic N) is 1. The van der Waals surface area contributed by atoms with Gasteiger partial charge < -0.3 is 5.11 Å². The van der Waals surface area contributed by atoms with Gasteiger partial charge in [-0.1, -0.05) is 0 Å².